The van der Waals surface area contributed by atoms with Gasteiger partial charge in [0.05, 0.1) is 12.0 Å². The van der Waals surface area contributed by atoms with Gasteiger partial charge in [0.1, 0.15) is 0 Å². The van der Waals surface area contributed by atoms with Crippen molar-refractivity contribution in [2.75, 3.05) is 18.5 Å². The second-order valence-electron chi connectivity index (χ2n) is 6.06. The first-order valence-corrected chi connectivity index (χ1v) is 7.08. The number of aryl methyl sites for hydroxylation is 1. The van der Waals surface area contributed by atoms with Gasteiger partial charge in [0, 0.05) is 19.3 Å². The lowest BCUT2D eigenvalue weighted by Gasteiger charge is -2.26. The Balaban J connectivity index is 2.96. The van der Waals surface area contributed by atoms with Crippen LogP contribution in [0.2, 0.25) is 0 Å². The molecule has 0 spiro atoms. The fourth-order valence-electron chi connectivity index (χ4n) is 2.19. The van der Waals surface area contributed by atoms with Gasteiger partial charge in [0.2, 0.25) is 0 Å². The predicted octanol–water partition coefficient (Wildman–Crippen LogP) is 4.35. The van der Waals surface area contributed by atoms with Crippen molar-refractivity contribution in [3.05, 3.63) is 29.3 Å². The Bertz CT molecular complexity index is 455. The number of nitriles is 1. The quantitative estimate of drug-likeness (QED) is 0.785. The fraction of sp³-hybridized carbons (Fsp3) is 0.588. The fourth-order valence-corrected chi connectivity index (χ4v) is 2.19. The van der Waals surface area contributed by atoms with E-state index >= 15 is 0 Å². The predicted molar refractivity (Wildman–Crippen MR) is 82.5 cm³/mol. The summed E-state index contributed by atoms with van der Waals surface area (Å²) in [6.07, 6.45) is 0. The molecule has 1 aromatic carbocycles. The van der Waals surface area contributed by atoms with Gasteiger partial charge in [-0.1, -0.05) is 39.8 Å². The van der Waals surface area contributed by atoms with Gasteiger partial charge in [-0.15, -0.1) is 0 Å². The Labute approximate surface area is 118 Å². The molecule has 0 radical (unpaired) electrons. The first kappa shape index (κ1) is 15.6. The summed E-state index contributed by atoms with van der Waals surface area (Å²) in [4.78, 5) is 2.22. The van der Waals surface area contributed by atoms with Gasteiger partial charge in [-0.25, -0.2) is 0 Å². The minimum absolute atomic E-state index is 0.0760. The average molecular weight is 258 g/mol. The first-order chi connectivity index (χ1) is 8.86. The van der Waals surface area contributed by atoms with E-state index in [9.17, 15) is 5.26 Å². The van der Waals surface area contributed by atoms with E-state index in [-0.39, 0.29) is 5.92 Å². The largest absolute Gasteiger partial charge is 0.373 e. The van der Waals surface area contributed by atoms with Crippen LogP contribution in [-0.2, 0) is 0 Å². The normalized spacial score (nSPS) is 12.6. The van der Waals surface area contributed by atoms with E-state index in [0.29, 0.717) is 11.8 Å². The standard InChI is InChI=1S/C17H26N2/c1-12(2)15-8-7-14(5)17(9-15)19(6)11-16(10-18)13(3)4/h7-9,12-13,16H,11H2,1-6H3. The molecular formula is C17H26N2. The minimum Gasteiger partial charge on any atom is -0.373 e. The molecule has 1 aromatic rings. The van der Waals surface area contributed by atoms with Crippen LogP contribution in [0.15, 0.2) is 18.2 Å². The summed E-state index contributed by atoms with van der Waals surface area (Å²) in [6, 6.07) is 9.05. The van der Waals surface area contributed by atoms with E-state index < -0.39 is 0 Å². The summed E-state index contributed by atoms with van der Waals surface area (Å²) in [7, 11) is 2.08. The third-order valence-corrected chi connectivity index (χ3v) is 3.75. The molecule has 0 bridgehead atoms. The summed E-state index contributed by atoms with van der Waals surface area (Å²) < 4.78 is 0. The van der Waals surface area contributed by atoms with Crippen molar-refractivity contribution in [2.24, 2.45) is 11.8 Å². The van der Waals surface area contributed by atoms with Crippen LogP contribution in [-0.4, -0.2) is 13.6 Å². The van der Waals surface area contributed by atoms with Gasteiger partial charge < -0.3 is 4.90 Å². The van der Waals surface area contributed by atoms with E-state index in [4.69, 9.17) is 0 Å². The third kappa shape index (κ3) is 3.99. The second kappa shape index (κ2) is 6.61. The number of hydrogen-bond acceptors (Lipinski definition) is 2. The SMILES string of the molecule is Cc1ccc(C(C)C)cc1N(C)CC(C#N)C(C)C. The van der Waals surface area contributed by atoms with Crippen LogP contribution in [0.25, 0.3) is 0 Å². The lowest BCUT2D eigenvalue weighted by molar-refractivity contribution is 0.477. The van der Waals surface area contributed by atoms with Crippen molar-refractivity contribution in [3.63, 3.8) is 0 Å². The van der Waals surface area contributed by atoms with E-state index in [1.165, 1.54) is 16.8 Å². The molecule has 0 amide bonds. The van der Waals surface area contributed by atoms with Crippen molar-refractivity contribution in [2.45, 2.75) is 40.5 Å². The number of benzene rings is 1. The summed E-state index contributed by atoms with van der Waals surface area (Å²) in [5, 5.41) is 9.23. The molecule has 0 aromatic heterocycles. The van der Waals surface area contributed by atoms with Gasteiger partial charge in [-0.2, -0.15) is 5.26 Å². The molecule has 0 N–H and O–H groups in total. The molecule has 104 valence electrons. The van der Waals surface area contributed by atoms with Crippen LogP contribution in [0, 0.1) is 30.1 Å². The van der Waals surface area contributed by atoms with Gasteiger partial charge >= 0.3 is 0 Å². The zero-order chi connectivity index (χ0) is 14.6. The molecule has 0 aliphatic rings. The summed E-state index contributed by atoms with van der Waals surface area (Å²) in [5.41, 5.74) is 3.87. The number of anilines is 1. The molecule has 0 aliphatic heterocycles. The zero-order valence-electron chi connectivity index (χ0n) is 13.1. The van der Waals surface area contributed by atoms with E-state index in [2.05, 4.69) is 70.8 Å². The topological polar surface area (TPSA) is 27.0 Å². The monoisotopic (exact) mass is 258 g/mol. The first-order valence-electron chi connectivity index (χ1n) is 7.08. The molecule has 0 saturated carbocycles. The summed E-state index contributed by atoms with van der Waals surface area (Å²) in [5.74, 6) is 0.998. The maximum atomic E-state index is 9.23. The Morgan fingerprint density at radius 2 is 1.84 bits per heavy atom. The maximum Gasteiger partial charge on any atom is 0.0677 e. The van der Waals surface area contributed by atoms with Crippen LogP contribution in [0.3, 0.4) is 0 Å². The Kier molecular flexibility index (Phi) is 5.42. The lowest BCUT2D eigenvalue weighted by atomic mass is 9.96. The summed E-state index contributed by atoms with van der Waals surface area (Å²) >= 11 is 0. The maximum absolute atomic E-state index is 9.23. The van der Waals surface area contributed by atoms with Crippen molar-refractivity contribution in [3.8, 4) is 6.07 Å². The molecule has 1 atom stereocenters. The molecule has 0 saturated heterocycles. The van der Waals surface area contributed by atoms with E-state index in [1.807, 2.05) is 0 Å². The second-order valence-corrected chi connectivity index (χ2v) is 6.06. The number of hydrogen-bond donors (Lipinski definition) is 0. The van der Waals surface area contributed by atoms with Crippen LogP contribution in [0.5, 0.6) is 0 Å². The number of rotatable bonds is 5. The Morgan fingerprint density at radius 1 is 1.21 bits per heavy atom. The highest BCUT2D eigenvalue weighted by molar-refractivity contribution is 5.55. The lowest BCUT2D eigenvalue weighted by Crippen LogP contribution is -2.28. The molecule has 0 aliphatic carbocycles. The van der Waals surface area contributed by atoms with Crippen molar-refractivity contribution < 1.29 is 0 Å². The third-order valence-electron chi connectivity index (χ3n) is 3.75. The smallest absolute Gasteiger partial charge is 0.0677 e. The molecule has 1 rings (SSSR count). The Morgan fingerprint density at radius 3 is 2.32 bits per heavy atom. The highest BCUT2D eigenvalue weighted by Crippen LogP contribution is 2.26. The zero-order valence-corrected chi connectivity index (χ0v) is 13.1. The highest BCUT2D eigenvalue weighted by atomic mass is 15.1. The average Bonchev–Trinajstić information content (AvgIpc) is 2.35. The molecule has 19 heavy (non-hydrogen) atoms. The van der Waals surface area contributed by atoms with Crippen molar-refractivity contribution in [1.29, 1.82) is 5.26 Å². The molecule has 0 fully saturated rings. The molecule has 2 heteroatoms. The van der Waals surface area contributed by atoms with Crippen molar-refractivity contribution in [1.82, 2.24) is 0 Å². The molecule has 1 unspecified atom stereocenters. The van der Waals surface area contributed by atoms with Gasteiger partial charge in [-0.3, -0.25) is 0 Å². The van der Waals surface area contributed by atoms with Crippen LogP contribution in [0.1, 0.15) is 44.7 Å². The van der Waals surface area contributed by atoms with Gasteiger partial charge in [-0.05, 0) is 36.0 Å². The number of nitrogens with zero attached hydrogens (tertiary/aromatic N) is 2. The molecule has 2 nitrogen and oxygen atoms in total. The van der Waals surface area contributed by atoms with E-state index in [1.54, 1.807) is 0 Å². The van der Waals surface area contributed by atoms with Crippen LogP contribution in [0.4, 0.5) is 5.69 Å². The van der Waals surface area contributed by atoms with Gasteiger partial charge in [0.25, 0.3) is 0 Å². The van der Waals surface area contributed by atoms with Crippen LogP contribution < -0.4 is 4.90 Å². The minimum atomic E-state index is 0.0760. The van der Waals surface area contributed by atoms with Crippen LogP contribution >= 0.6 is 0 Å². The highest BCUT2D eigenvalue weighted by Gasteiger charge is 2.16. The van der Waals surface area contributed by atoms with Crippen molar-refractivity contribution >= 4 is 5.69 Å². The van der Waals surface area contributed by atoms with Gasteiger partial charge in [0.15, 0.2) is 0 Å². The Hall–Kier alpha value is -1.49. The summed E-state index contributed by atoms with van der Waals surface area (Å²) in [6.45, 7) is 11.6. The molecule has 0 heterocycles. The van der Waals surface area contributed by atoms with E-state index in [0.717, 1.165) is 6.54 Å². The molecular weight excluding hydrogens is 232 g/mol.